The lowest BCUT2D eigenvalue weighted by Gasteiger charge is -2.24. The predicted molar refractivity (Wildman–Crippen MR) is 102 cm³/mol. The molecule has 0 radical (unpaired) electrons. The molecular formula is C17H18BrN7O. The first-order chi connectivity index (χ1) is 12.6. The van der Waals surface area contributed by atoms with Crippen molar-refractivity contribution in [2.45, 2.75) is 25.4 Å². The first kappa shape index (κ1) is 16.8. The van der Waals surface area contributed by atoms with Gasteiger partial charge in [0.25, 0.3) is 0 Å². The SMILES string of the molecule is NC(=O)[C@@H]1CCCN1c1cc(NCc2cccnc2)n2ncc(Br)c2n1. The molecule has 4 heterocycles. The summed E-state index contributed by atoms with van der Waals surface area (Å²) in [6.45, 7) is 1.35. The molecule has 26 heavy (non-hydrogen) atoms. The molecule has 4 rings (SSSR count). The van der Waals surface area contributed by atoms with Gasteiger partial charge in [-0.15, -0.1) is 0 Å². The Balaban J connectivity index is 1.71. The third-order valence-corrected chi connectivity index (χ3v) is 5.05. The van der Waals surface area contributed by atoms with E-state index in [0.29, 0.717) is 18.0 Å². The van der Waals surface area contributed by atoms with Crippen LogP contribution in [0, 0.1) is 0 Å². The Labute approximate surface area is 158 Å². The van der Waals surface area contributed by atoms with Gasteiger partial charge in [0, 0.05) is 31.5 Å². The number of nitrogens with one attached hydrogen (secondary N) is 1. The summed E-state index contributed by atoms with van der Waals surface area (Å²) < 4.78 is 2.53. The number of carbonyl (C=O) groups excluding carboxylic acids is 1. The molecule has 0 aromatic carbocycles. The standard InChI is InChI=1S/C17H18BrN7O/c18-12-10-22-25-14(21-9-11-3-1-5-20-8-11)7-15(23-17(12)25)24-6-2-4-13(24)16(19)26/h1,3,5,7-8,10,13,21H,2,4,6,9H2,(H2,19,26)/t13-/m0/s1. The van der Waals surface area contributed by atoms with Crippen LogP contribution in [0.25, 0.3) is 5.65 Å². The minimum absolute atomic E-state index is 0.318. The van der Waals surface area contributed by atoms with Crippen molar-refractivity contribution in [3.63, 3.8) is 0 Å². The lowest BCUT2D eigenvalue weighted by Crippen LogP contribution is -2.40. The second kappa shape index (κ2) is 6.91. The molecule has 1 amide bonds. The van der Waals surface area contributed by atoms with Crippen LogP contribution in [-0.4, -0.2) is 38.1 Å². The first-order valence-corrected chi connectivity index (χ1v) is 9.16. The molecule has 1 fully saturated rings. The Kier molecular flexibility index (Phi) is 4.46. The van der Waals surface area contributed by atoms with Gasteiger partial charge in [-0.2, -0.15) is 9.61 Å². The Hall–Kier alpha value is -2.68. The zero-order valence-corrected chi connectivity index (χ0v) is 15.6. The van der Waals surface area contributed by atoms with Crippen LogP contribution in [0.1, 0.15) is 18.4 Å². The first-order valence-electron chi connectivity index (χ1n) is 8.36. The van der Waals surface area contributed by atoms with Crippen LogP contribution in [0.4, 0.5) is 11.6 Å². The van der Waals surface area contributed by atoms with Crippen molar-refractivity contribution >= 4 is 39.1 Å². The number of nitrogens with two attached hydrogens (primary N) is 1. The normalized spacial score (nSPS) is 17.0. The number of anilines is 2. The van der Waals surface area contributed by atoms with Gasteiger partial charge >= 0.3 is 0 Å². The topological polar surface area (TPSA) is 101 Å². The number of amides is 1. The number of rotatable bonds is 5. The molecule has 0 unspecified atom stereocenters. The van der Waals surface area contributed by atoms with Gasteiger partial charge in [0.05, 0.1) is 10.7 Å². The molecule has 0 saturated carbocycles. The van der Waals surface area contributed by atoms with Gasteiger partial charge in [0.2, 0.25) is 5.91 Å². The molecule has 134 valence electrons. The van der Waals surface area contributed by atoms with Gasteiger partial charge in [0.1, 0.15) is 17.7 Å². The van der Waals surface area contributed by atoms with Crippen LogP contribution < -0.4 is 16.0 Å². The molecule has 1 aliphatic rings. The summed E-state index contributed by atoms with van der Waals surface area (Å²) in [6.07, 6.45) is 6.93. The van der Waals surface area contributed by atoms with Gasteiger partial charge in [-0.25, -0.2) is 4.98 Å². The Morgan fingerprint density at radius 2 is 2.31 bits per heavy atom. The fourth-order valence-corrected chi connectivity index (χ4v) is 3.58. The average Bonchev–Trinajstić information content (AvgIpc) is 3.28. The highest BCUT2D eigenvalue weighted by Crippen LogP contribution is 2.29. The number of aromatic nitrogens is 4. The summed E-state index contributed by atoms with van der Waals surface area (Å²) in [5.74, 6) is 1.19. The highest BCUT2D eigenvalue weighted by molar-refractivity contribution is 9.10. The number of fused-ring (bicyclic) bond motifs is 1. The second-order valence-electron chi connectivity index (χ2n) is 6.20. The second-order valence-corrected chi connectivity index (χ2v) is 7.05. The van der Waals surface area contributed by atoms with Crippen molar-refractivity contribution in [1.29, 1.82) is 0 Å². The minimum Gasteiger partial charge on any atom is -0.368 e. The van der Waals surface area contributed by atoms with Crippen LogP contribution in [0.2, 0.25) is 0 Å². The van der Waals surface area contributed by atoms with Crippen LogP contribution >= 0.6 is 15.9 Å². The summed E-state index contributed by atoms with van der Waals surface area (Å²) in [4.78, 5) is 22.6. The van der Waals surface area contributed by atoms with E-state index in [4.69, 9.17) is 5.73 Å². The van der Waals surface area contributed by atoms with E-state index in [1.807, 2.05) is 29.3 Å². The molecule has 1 aliphatic heterocycles. The molecule has 1 atom stereocenters. The molecule has 3 aromatic rings. The third kappa shape index (κ3) is 3.10. The molecule has 0 bridgehead atoms. The van der Waals surface area contributed by atoms with Crippen LogP contribution in [0.5, 0.6) is 0 Å². The highest BCUT2D eigenvalue weighted by atomic mass is 79.9. The van der Waals surface area contributed by atoms with Crippen LogP contribution in [-0.2, 0) is 11.3 Å². The van der Waals surface area contributed by atoms with Crippen molar-refractivity contribution < 1.29 is 4.79 Å². The maximum Gasteiger partial charge on any atom is 0.240 e. The molecule has 0 aliphatic carbocycles. The fourth-order valence-electron chi connectivity index (χ4n) is 3.23. The molecular weight excluding hydrogens is 398 g/mol. The van der Waals surface area contributed by atoms with E-state index < -0.39 is 0 Å². The molecule has 8 nitrogen and oxygen atoms in total. The monoisotopic (exact) mass is 415 g/mol. The summed E-state index contributed by atoms with van der Waals surface area (Å²) in [5.41, 5.74) is 7.31. The van der Waals surface area contributed by atoms with Crippen molar-refractivity contribution in [2.75, 3.05) is 16.8 Å². The van der Waals surface area contributed by atoms with E-state index in [1.165, 1.54) is 0 Å². The molecule has 9 heteroatoms. The quantitative estimate of drug-likeness (QED) is 0.660. The lowest BCUT2D eigenvalue weighted by atomic mass is 10.2. The predicted octanol–water partition coefficient (Wildman–Crippen LogP) is 1.95. The largest absolute Gasteiger partial charge is 0.368 e. The maximum absolute atomic E-state index is 11.8. The lowest BCUT2D eigenvalue weighted by molar-refractivity contribution is -0.119. The molecule has 3 N–H and O–H groups in total. The smallest absolute Gasteiger partial charge is 0.240 e. The fraction of sp³-hybridized carbons (Fsp3) is 0.294. The van der Waals surface area contributed by atoms with E-state index in [9.17, 15) is 4.79 Å². The highest BCUT2D eigenvalue weighted by Gasteiger charge is 2.30. The number of hydrogen-bond acceptors (Lipinski definition) is 6. The zero-order chi connectivity index (χ0) is 18.1. The van der Waals surface area contributed by atoms with Gasteiger partial charge in [-0.3, -0.25) is 9.78 Å². The van der Waals surface area contributed by atoms with Gasteiger partial charge in [-0.1, -0.05) is 6.07 Å². The van der Waals surface area contributed by atoms with Gasteiger partial charge in [-0.05, 0) is 40.4 Å². The van der Waals surface area contributed by atoms with E-state index in [2.05, 4.69) is 36.3 Å². The van der Waals surface area contributed by atoms with E-state index in [1.54, 1.807) is 16.9 Å². The minimum atomic E-state index is -0.321. The Morgan fingerprint density at radius 1 is 1.42 bits per heavy atom. The number of carbonyl (C=O) groups is 1. The molecule has 0 spiro atoms. The van der Waals surface area contributed by atoms with Crippen molar-refractivity contribution in [2.24, 2.45) is 5.73 Å². The van der Waals surface area contributed by atoms with Crippen LogP contribution in [0.3, 0.4) is 0 Å². The Bertz CT molecular complexity index is 943. The number of pyridine rings is 1. The summed E-state index contributed by atoms with van der Waals surface area (Å²) in [7, 11) is 0. The van der Waals surface area contributed by atoms with Gasteiger partial charge in [0.15, 0.2) is 5.65 Å². The number of halogens is 1. The zero-order valence-electron chi connectivity index (χ0n) is 14.0. The third-order valence-electron chi connectivity index (χ3n) is 4.49. The summed E-state index contributed by atoms with van der Waals surface area (Å²) >= 11 is 3.49. The number of nitrogens with zero attached hydrogens (tertiary/aromatic N) is 5. The van der Waals surface area contributed by atoms with E-state index in [0.717, 1.165) is 35.2 Å². The van der Waals surface area contributed by atoms with Crippen molar-refractivity contribution in [3.8, 4) is 0 Å². The number of hydrogen-bond donors (Lipinski definition) is 2. The summed E-state index contributed by atoms with van der Waals surface area (Å²) in [6, 6.07) is 5.49. The maximum atomic E-state index is 11.8. The summed E-state index contributed by atoms with van der Waals surface area (Å²) in [5, 5.41) is 7.75. The van der Waals surface area contributed by atoms with Crippen molar-refractivity contribution in [1.82, 2.24) is 19.6 Å². The van der Waals surface area contributed by atoms with E-state index >= 15 is 0 Å². The van der Waals surface area contributed by atoms with Gasteiger partial charge < -0.3 is 16.0 Å². The molecule has 3 aromatic heterocycles. The average molecular weight is 416 g/mol. The van der Waals surface area contributed by atoms with E-state index in [-0.39, 0.29) is 11.9 Å². The Morgan fingerprint density at radius 3 is 3.08 bits per heavy atom. The molecule has 1 saturated heterocycles. The van der Waals surface area contributed by atoms with Crippen LogP contribution in [0.15, 0.2) is 41.3 Å². The van der Waals surface area contributed by atoms with Crippen molar-refractivity contribution in [3.05, 3.63) is 46.8 Å². The number of primary amides is 1.